The molecule has 1 unspecified atom stereocenters. The topological polar surface area (TPSA) is 106 Å². The zero-order valence-electron chi connectivity index (χ0n) is 9.58. The number of sulfone groups is 1. The smallest absolute Gasteiger partial charge is 0.241 e. The summed E-state index contributed by atoms with van der Waals surface area (Å²) in [5, 5.41) is 0.958. The summed E-state index contributed by atoms with van der Waals surface area (Å²) in [6.07, 6.45) is 1.25. The second-order valence-electron chi connectivity index (χ2n) is 4.07. The van der Waals surface area contributed by atoms with E-state index in [1.165, 1.54) is 6.08 Å². The predicted octanol–water partition coefficient (Wildman–Crippen LogP) is -0.00310. The summed E-state index contributed by atoms with van der Waals surface area (Å²) in [6, 6.07) is 2.14. The van der Waals surface area contributed by atoms with Gasteiger partial charge in [-0.1, -0.05) is 6.08 Å². The number of hydrogen-bond acceptors (Lipinski definition) is 5. The first kappa shape index (κ1) is 14.0. The highest BCUT2D eigenvalue weighted by atomic mass is 32.2. The Morgan fingerprint density at radius 2 is 2.05 bits per heavy atom. The highest BCUT2D eigenvalue weighted by molar-refractivity contribution is 7.94. The van der Waals surface area contributed by atoms with Crippen LogP contribution in [0.5, 0.6) is 0 Å². The summed E-state index contributed by atoms with van der Waals surface area (Å²) < 4.78 is 61.4. The van der Waals surface area contributed by atoms with E-state index in [4.69, 9.17) is 5.73 Å². The maximum Gasteiger partial charge on any atom is 0.241 e. The third-order valence-corrected chi connectivity index (χ3v) is 5.40. The SMILES string of the molecule is Nc1cc(S(=O)(=O)NC2C=CS(=O)(=O)C2)ccc1F. The van der Waals surface area contributed by atoms with Crippen LogP contribution in [-0.2, 0) is 19.9 Å². The fraction of sp³-hybridized carbons (Fsp3) is 0.200. The standard InChI is InChI=1S/C10H11FN2O4S2/c11-9-2-1-8(5-10(9)12)19(16,17)13-7-3-4-18(14,15)6-7/h1-5,7,13H,6,12H2. The Morgan fingerprint density at radius 1 is 1.37 bits per heavy atom. The van der Waals surface area contributed by atoms with Gasteiger partial charge >= 0.3 is 0 Å². The molecule has 104 valence electrons. The summed E-state index contributed by atoms with van der Waals surface area (Å²) in [5.74, 6) is -1.05. The van der Waals surface area contributed by atoms with Crippen LogP contribution >= 0.6 is 0 Å². The maximum atomic E-state index is 13.0. The summed E-state index contributed by atoms with van der Waals surface area (Å²) in [6.45, 7) is 0. The van der Waals surface area contributed by atoms with E-state index < -0.39 is 31.7 Å². The van der Waals surface area contributed by atoms with Gasteiger partial charge in [0, 0.05) is 5.41 Å². The Kier molecular flexibility index (Phi) is 3.37. The Bertz CT molecular complexity index is 741. The molecule has 1 atom stereocenters. The van der Waals surface area contributed by atoms with Crippen molar-refractivity contribution in [2.24, 2.45) is 0 Å². The zero-order chi connectivity index (χ0) is 14.3. The second kappa shape index (κ2) is 4.58. The second-order valence-corrected chi connectivity index (χ2v) is 7.71. The van der Waals surface area contributed by atoms with Gasteiger partial charge in [-0.15, -0.1) is 0 Å². The summed E-state index contributed by atoms with van der Waals surface area (Å²) in [7, 11) is -7.30. The van der Waals surface area contributed by atoms with E-state index >= 15 is 0 Å². The molecular formula is C10H11FN2O4S2. The van der Waals surface area contributed by atoms with Gasteiger partial charge in [-0.25, -0.2) is 25.9 Å². The Hall–Kier alpha value is -1.45. The molecule has 9 heteroatoms. The van der Waals surface area contributed by atoms with E-state index in [0.717, 1.165) is 23.6 Å². The molecule has 1 aromatic carbocycles. The number of anilines is 1. The van der Waals surface area contributed by atoms with Crippen molar-refractivity contribution in [2.75, 3.05) is 11.5 Å². The first-order chi connectivity index (χ1) is 8.70. The van der Waals surface area contributed by atoms with Gasteiger partial charge in [-0.2, -0.15) is 0 Å². The molecule has 0 radical (unpaired) electrons. The molecule has 0 bridgehead atoms. The van der Waals surface area contributed by atoms with Crippen LogP contribution in [-0.4, -0.2) is 28.6 Å². The lowest BCUT2D eigenvalue weighted by atomic mass is 10.3. The highest BCUT2D eigenvalue weighted by Crippen LogP contribution is 2.18. The Labute approximate surface area is 110 Å². The Morgan fingerprint density at radius 3 is 2.58 bits per heavy atom. The van der Waals surface area contributed by atoms with Crippen molar-refractivity contribution in [3.8, 4) is 0 Å². The van der Waals surface area contributed by atoms with Gasteiger partial charge in [-0.3, -0.25) is 0 Å². The van der Waals surface area contributed by atoms with E-state index in [2.05, 4.69) is 4.72 Å². The lowest BCUT2D eigenvalue weighted by molar-refractivity contribution is 0.574. The number of rotatable bonds is 3. The molecule has 1 aromatic rings. The molecule has 19 heavy (non-hydrogen) atoms. The number of nitrogens with two attached hydrogens (primary N) is 1. The van der Waals surface area contributed by atoms with Crippen molar-refractivity contribution in [3.05, 3.63) is 35.5 Å². The van der Waals surface area contributed by atoms with Gasteiger partial charge < -0.3 is 5.73 Å². The maximum absolute atomic E-state index is 13.0. The van der Waals surface area contributed by atoms with Crippen molar-refractivity contribution in [1.29, 1.82) is 0 Å². The molecule has 1 heterocycles. The number of halogens is 1. The largest absolute Gasteiger partial charge is 0.396 e. The van der Waals surface area contributed by atoms with Gasteiger partial charge in [0.1, 0.15) is 5.82 Å². The minimum absolute atomic E-state index is 0.218. The normalized spacial score (nSPS) is 21.6. The Balaban J connectivity index is 2.24. The third-order valence-electron chi connectivity index (χ3n) is 2.51. The van der Waals surface area contributed by atoms with E-state index in [1.807, 2.05) is 0 Å². The molecule has 1 aliphatic rings. The average Bonchev–Trinajstić information content (AvgIpc) is 2.61. The van der Waals surface area contributed by atoms with E-state index in [9.17, 15) is 21.2 Å². The van der Waals surface area contributed by atoms with Gasteiger partial charge in [0.05, 0.1) is 22.4 Å². The lowest BCUT2D eigenvalue weighted by Gasteiger charge is -2.11. The summed E-state index contributed by atoms with van der Waals surface area (Å²) in [4.78, 5) is -0.218. The molecule has 0 aliphatic carbocycles. The van der Waals surface area contributed by atoms with Crippen molar-refractivity contribution in [2.45, 2.75) is 10.9 Å². The molecule has 0 saturated carbocycles. The molecule has 0 aromatic heterocycles. The van der Waals surface area contributed by atoms with Crippen LogP contribution in [0.15, 0.2) is 34.6 Å². The highest BCUT2D eigenvalue weighted by Gasteiger charge is 2.26. The van der Waals surface area contributed by atoms with Crippen LogP contribution < -0.4 is 10.5 Å². The summed E-state index contributed by atoms with van der Waals surface area (Å²) in [5.41, 5.74) is 5.00. The van der Waals surface area contributed by atoms with Crippen LogP contribution in [0.4, 0.5) is 10.1 Å². The molecule has 2 rings (SSSR count). The molecular weight excluding hydrogens is 295 g/mol. The monoisotopic (exact) mass is 306 g/mol. The first-order valence-electron chi connectivity index (χ1n) is 5.18. The van der Waals surface area contributed by atoms with Crippen molar-refractivity contribution in [3.63, 3.8) is 0 Å². The number of benzene rings is 1. The number of sulfonamides is 1. The van der Waals surface area contributed by atoms with Crippen molar-refractivity contribution >= 4 is 25.5 Å². The average molecular weight is 306 g/mol. The predicted molar refractivity (Wildman–Crippen MR) is 67.8 cm³/mol. The van der Waals surface area contributed by atoms with Gasteiger partial charge in [-0.05, 0) is 18.2 Å². The van der Waals surface area contributed by atoms with E-state index in [1.54, 1.807) is 0 Å². The van der Waals surface area contributed by atoms with Crippen LogP contribution in [0, 0.1) is 5.82 Å². The van der Waals surface area contributed by atoms with Crippen LogP contribution in [0.25, 0.3) is 0 Å². The zero-order valence-corrected chi connectivity index (χ0v) is 11.2. The number of nitrogen functional groups attached to an aromatic ring is 1. The van der Waals surface area contributed by atoms with E-state index in [0.29, 0.717) is 0 Å². The lowest BCUT2D eigenvalue weighted by Crippen LogP contribution is -2.35. The quantitative estimate of drug-likeness (QED) is 0.764. The van der Waals surface area contributed by atoms with Crippen LogP contribution in [0.1, 0.15) is 0 Å². The van der Waals surface area contributed by atoms with Crippen molar-refractivity contribution < 1.29 is 21.2 Å². The molecule has 1 aliphatic heterocycles. The minimum atomic E-state index is -3.95. The molecule has 0 amide bonds. The number of hydrogen-bond donors (Lipinski definition) is 2. The molecule has 0 saturated heterocycles. The van der Waals surface area contributed by atoms with Gasteiger partial charge in [0.2, 0.25) is 10.0 Å². The molecule has 3 N–H and O–H groups in total. The van der Waals surface area contributed by atoms with Gasteiger partial charge in [0.15, 0.2) is 9.84 Å². The fourth-order valence-corrected chi connectivity index (χ4v) is 4.17. The first-order valence-corrected chi connectivity index (χ1v) is 8.38. The molecule has 6 nitrogen and oxygen atoms in total. The minimum Gasteiger partial charge on any atom is -0.396 e. The molecule has 0 spiro atoms. The molecule has 0 fully saturated rings. The van der Waals surface area contributed by atoms with Crippen molar-refractivity contribution in [1.82, 2.24) is 4.72 Å². The fourth-order valence-electron chi connectivity index (χ4n) is 1.61. The third kappa shape index (κ3) is 3.11. The number of nitrogens with one attached hydrogen (secondary N) is 1. The van der Waals surface area contributed by atoms with Gasteiger partial charge in [0.25, 0.3) is 0 Å². The van der Waals surface area contributed by atoms with Crippen LogP contribution in [0.2, 0.25) is 0 Å². The van der Waals surface area contributed by atoms with E-state index in [-0.39, 0.29) is 16.3 Å². The van der Waals surface area contributed by atoms with Crippen LogP contribution in [0.3, 0.4) is 0 Å². The summed E-state index contributed by atoms with van der Waals surface area (Å²) >= 11 is 0.